The third-order valence-electron chi connectivity index (χ3n) is 7.63. The van der Waals surface area contributed by atoms with Crippen LogP contribution in [0.25, 0.3) is 0 Å². The summed E-state index contributed by atoms with van der Waals surface area (Å²) < 4.78 is 13.9. The van der Waals surface area contributed by atoms with E-state index in [0.29, 0.717) is 17.8 Å². The van der Waals surface area contributed by atoms with Crippen LogP contribution in [0.4, 0.5) is 10.1 Å². The second kappa shape index (κ2) is 17.6. The highest BCUT2D eigenvalue weighted by molar-refractivity contribution is 7.14. The molecular weight excluding hydrogens is 589 g/mol. The Morgan fingerprint density at radius 2 is 1.69 bits per heavy atom. The van der Waals surface area contributed by atoms with E-state index in [1.807, 2.05) is 67.2 Å². The van der Waals surface area contributed by atoms with Gasteiger partial charge in [-0.15, -0.1) is 11.3 Å². The molecule has 1 unspecified atom stereocenters. The van der Waals surface area contributed by atoms with Crippen LogP contribution < -0.4 is 5.32 Å². The van der Waals surface area contributed by atoms with Crippen molar-refractivity contribution in [1.82, 2.24) is 14.7 Å². The molecule has 1 saturated heterocycles. The van der Waals surface area contributed by atoms with E-state index in [9.17, 15) is 18.8 Å². The first kappa shape index (κ1) is 35.6. The molecule has 45 heavy (non-hydrogen) atoms. The number of anilines is 1. The van der Waals surface area contributed by atoms with Gasteiger partial charge < -0.3 is 15.1 Å². The molecule has 10 heteroatoms. The molecule has 0 bridgehead atoms. The van der Waals surface area contributed by atoms with Gasteiger partial charge in [0.2, 0.25) is 11.8 Å². The minimum absolute atomic E-state index is 0.138. The third kappa shape index (κ3) is 10.3. The van der Waals surface area contributed by atoms with Crippen LogP contribution in [0.5, 0.6) is 0 Å². The minimum atomic E-state index is -0.442. The Morgan fingerprint density at radius 1 is 1.00 bits per heavy atom. The fourth-order valence-electron chi connectivity index (χ4n) is 5.00. The summed E-state index contributed by atoms with van der Waals surface area (Å²) in [5.41, 5.74) is 3.35. The molecule has 242 valence electrons. The monoisotopic (exact) mass is 635 g/mol. The molecular formula is C35H46FN5O3S. The highest BCUT2D eigenvalue weighted by atomic mass is 32.1. The van der Waals surface area contributed by atoms with Crippen molar-refractivity contribution >= 4 is 41.5 Å². The van der Waals surface area contributed by atoms with Crippen molar-refractivity contribution in [3.8, 4) is 0 Å². The number of halogens is 1. The number of likely N-dealkylation sites (tertiary alicyclic amines) is 1. The Morgan fingerprint density at radius 3 is 2.22 bits per heavy atom. The number of aliphatic imine (C=N–C) groups is 1. The van der Waals surface area contributed by atoms with Crippen molar-refractivity contribution in [2.75, 3.05) is 46.6 Å². The molecule has 3 amide bonds. The molecule has 3 aromatic rings. The second-order valence-electron chi connectivity index (χ2n) is 11.5. The van der Waals surface area contributed by atoms with Crippen molar-refractivity contribution in [2.24, 2.45) is 4.99 Å². The molecule has 5 rings (SSSR count). The van der Waals surface area contributed by atoms with Gasteiger partial charge in [-0.3, -0.25) is 24.3 Å². The molecule has 1 N–H and O–H groups in total. The van der Waals surface area contributed by atoms with Crippen LogP contribution in [-0.2, 0) is 29.0 Å². The lowest BCUT2D eigenvalue weighted by atomic mass is 9.99. The number of likely N-dealkylation sites (N-methyl/N-ethyl adjacent to an activating group) is 1. The molecule has 0 radical (unpaired) electrons. The smallest absolute Gasteiger partial charge is 0.265 e. The summed E-state index contributed by atoms with van der Waals surface area (Å²) in [5, 5.41) is 2.67. The Kier molecular flexibility index (Phi) is 13.9. The topological polar surface area (TPSA) is 85.3 Å². The number of hydrogen-bond acceptors (Lipinski definition) is 6. The van der Waals surface area contributed by atoms with Gasteiger partial charge in [0, 0.05) is 38.5 Å². The lowest BCUT2D eigenvalue weighted by Gasteiger charge is -2.36. The molecule has 1 aliphatic carbocycles. The fraction of sp³-hybridized carbons (Fsp3) is 0.429. The van der Waals surface area contributed by atoms with E-state index in [2.05, 4.69) is 17.0 Å². The molecule has 1 fully saturated rings. The number of carbonyl (C=O) groups is 3. The summed E-state index contributed by atoms with van der Waals surface area (Å²) in [5.74, 6) is -0.285. The van der Waals surface area contributed by atoms with E-state index in [-0.39, 0.29) is 29.5 Å². The van der Waals surface area contributed by atoms with E-state index in [0.717, 1.165) is 43.5 Å². The Hall–Kier alpha value is -3.89. The van der Waals surface area contributed by atoms with Crippen molar-refractivity contribution in [3.63, 3.8) is 0 Å². The van der Waals surface area contributed by atoms with Crippen LogP contribution in [0.15, 0.2) is 59.6 Å². The molecule has 0 saturated carbocycles. The van der Waals surface area contributed by atoms with E-state index in [4.69, 9.17) is 0 Å². The molecule has 2 heterocycles. The van der Waals surface area contributed by atoms with Gasteiger partial charge in [-0.05, 0) is 87.8 Å². The number of fused-ring (bicyclic) bond motifs is 1. The van der Waals surface area contributed by atoms with Crippen LogP contribution in [0.1, 0.15) is 69.9 Å². The maximum atomic E-state index is 13.9. The quantitative estimate of drug-likeness (QED) is 0.298. The summed E-state index contributed by atoms with van der Waals surface area (Å²) >= 11 is 1.52. The maximum Gasteiger partial charge on any atom is 0.265 e. The van der Waals surface area contributed by atoms with Gasteiger partial charge >= 0.3 is 0 Å². The lowest BCUT2D eigenvalue weighted by Crippen LogP contribution is -2.47. The van der Waals surface area contributed by atoms with Crippen molar-refractivity contribution < 1.29 is 18.8 Å². The van der Waals surface area contributed by atoms with Crippen LogP contribution in [0.2, 0.25) is 0 Å². The van der Waals surface area contributed by atoms with Crippen molar-refractivity contribution in [3.05, 3.63) is 86.9 Å². The second-order valence-corrected chi connectivity index (χ2v) is 12.7. The van der Waals surface area contributed by atoms with E-state index in [1.54, 1.807) is 31.1 Å². The van der Waals surface area contributed by atoms with Gasteiger partial charge in [0.05, 0.1) is 17.1 Å². The van der Waals surface area contributed by atoms with Crippen molar-refractivity contribution in [1.29, 1.82) is 0 Å². The number of thiophene rings is 1. The average molecular weight is 636 g/mol. The number of hydrogen-bond donors (Lipinski definition) is 1. The first-order valence-electron chi connectivity index (χ1n) is 15.4. The normalized spacial score (nSPS) is 14.0. The highest BCUT2D eigenvalue weighted by Crippen LogP contribution is 2.30. The number of benzene rings is 2. The van der Waals surface area contributed by atoms with Gasteiger partial charge in [0.1, 0.15) is 11.9 Å². The Labute approximate surface area is 270 Å². The average Bonchev–Trinajstić information content (AvgIpc) is 3.43. The maximum absolute atomic E-state index is 13.9. The van der Waals surface area contributed by atoms with Crippen LogP contribution in [0, 0.1) is 5.82 Å². The molecule has 0 spiro atoms. The first-order chi connectivity index (χ1) is 21.5. The number of carbonyl (C=O) groups excluding carboxylic acids is 3. The van der Waals surface area contributed by atoms with E-state index in [1.165, 1.54) is 40.7 Å². The zero-order valence-electron chi connectivity index (χ0n) is 27.1. The summed E-state index contributed by atoms with van der Waals surface area (Å²) in [7, 11) is 7.42. The van der Waals surface area contributed by atoms with Gasteiger partial charge in [-0.2, -0.15) is 0 Å². The number of aryl methyl sites for hydroxylation is 2. The number of amides is 3. The van der Waals surface area contributed by atoms with Crippen LogP contribution in [-0.4, -0.2) is 80.4 Å². The first-order valence-corrected chi connectivity index (χ1v) is 16.2. The Balaban J connectivity index is 0.000000210. The zero-order valence-corrected chi connectivity index (χ0v) is 28.0. The summed E-state index contributed by atoms with van der Waals surface area (Å²) in [6.45, 7) is 7.50. The number of rotatable bonds is 8. The zero-order chi connectivity index (χ0) is 32.9. The van der Waals surface area contributed by atoms with Gasteiger partial charge in [0.15, 0.2) is 0 Å². The molecule has 1 aliphatic heterocycles. The molecule has 2 aromatic carbocycles. The van der Waals surface area contributed by atoms with E-state index >= 15 is 0 Å². The predicted octanol–water partition coefficient (Wildman–Crippen LogP) is 6.23. The van der Waals surface area contributed by atoms with Gasteiger partial charge in [0.25, 0.3) is 5.91 Å². The molecule has 8 nitrogen and oxygen atoms in total. The molecule has 2 aliphatic rings. The Bertz CT molecular complexity index is 1410. The summed E-state index contributed by atoms with van der Waals surface area (Å²) in [4.78, 5) is 46.3. The fourth-order valence-corrected chi connectivity index (χ4v) is 6.15. The SMILES string of the molecule is C=NCc1ccc(F)c(NC(=O)c2cc3c(s2)CCCC3)c1.CCC(=O)N(C)C.CN(C)C(C(=O)N1CCC1)c1ccccc1. The minimum Gasteiger partial charge on any atom is -0.349 e. The summed E-state index contributed by atoms with van der Waals surface area (Å²) in [6.07, 6.45) is 6.18. The number of nitrogens with zero attached hydrogens (tertiary/aromatic N) is 4. The predicted molar refractivity (Wildman–Crippen MR) is 182 cm³/mol. The van der Waals surface area contributed by atoms with Gasteiger partial charge in [-0.1, -0.05) is 43.3 Å². The standard InChI is InChI=1S/C17H17FN2OS.C13H18N2O.C5H11NO/c1-19-10-11-6-7-13(18)14(8-11)20-17(21)16-9-12-4-2-3-5-15(12)22-16;1-14(2)12(11-7-4-3-5-8-11)13(16)15-9-6-10-15;1-4-5(7)6(2)3/h6-9H,1-5,10H2,(H,20,21);3-5,7-8,12H,6,9-10H2,1-2H3;4H2,1-3H3. The highest BCUT2D eigenvalue weighted by Gasteiger charge is 2.30. The summed E-state index contributed by atoms with van der Waals surface area (Å²) in [6, 6.07) is 16.4. The molecule has 1 atom stereocenters. The largest absolute Gasteiger partial charge is 0.349 e. The lowest BCUT2D eigenvalue weighted by molar-refractivity contribution is -0.139. The van der Waals surface area contributed by atoms with Gasteiger partial charge in [-0.25, -0.2) is 4.39 Å². The third-order valence-corrected chi connectivity index (χ3v) is 8.86. The van der Waals surface area contributed by atoms with Crippen LogP contribution >= 0.6 is 11.3 Å². The number of nitrogens with one attached hydrogen (secondary N) is 1. The van der Waals surface area contributed by atoms with Crippen LogP contribution in [0.3, 0.4) is 0 Å². The van der Waals surface area contributed by atoms with E-state index < -0.39 is 5.82 Å². The van der Waals surface area contributed by atoms with Crippen molar-refractivity contribution in [2.45, 2.75) is 58.0 Å². The molecule has 1 aromatic heterocycles.